The molecule has 2 saturated heterocycles. The zero-order valence-corrected chi connectivity index (χ0v) is 43.1. The van der Waals surface area contributed by atoms with Crippen LogP contribution in [0.15, 0.2) is 0 Å². The van der Waals surface area contributed by atoms with Crippen LogP contribution in [0.25, 0.3) is 0 Å². The summed E-state index contributed by atoms with van der Waals surface area (Å²) in [6.45, 7) is 9.79. The van der Waals surface area contributed by atoms with Crippen LogP contribution in [0.5, 0.6) is 0 Å². The molecule has 0 spiro atoms. The van der Waals surface area contributed by atoms with Gasteiger partial charge in [0.1, 0.15) is 0 Å². The number of carbonyl (C=O) groups excluding carboxylic acids is 4. The van der Waals surface area contributed by atoms with E-state index in [4.69, 9.17) is 0 Å². The molecule has 2 rings (SSSR count). The van der Waals surface area contributed by atoms with E-state index in [1.807, 2.05) is 0 Å². The second-order valence-corrected chi connectivity index (χ2v) is 20.4. The standard InChI is InChI=1S/C56H107N5O4/c1-3-5-7-9-11-13-15-17-19-21-23-25-27-29-31-33-35-37-39-51-49-53(62)60(55(51)64)47-45-58-43-41-57-42-44-59-46-48-61-54(63)50-52(56(61)65)40-38-36-34-32-30-28-26-24-22-20-18-16-14-12-10-8-6-4-2/h51-52,57-59H,3-50H2,1-2H3/t51-,52+. The van der Waals surface area contributed by atoms with E-state index >= 15 is 0 Å². The Hall–Kier alpha value is -1.84. The highest BCUT2D eigenvalue weighted by atomic mass is 16.2. The van der Waals surface area contributed by atoms with Gasteiger partial charge in [-0.15, -0.1) is 0 Å². The van der Waals surface area contributed by atoms with Gasteiger partial charge in [-0.1, -0.05) is 245 Å². The van der Waals surface area contributed by atoms with Gasteiger partial charge in [-0.2, -0.15) is 0 Å². The summed E-state index contributed by atoms with van der Waals surface area (Å²) < 4.78 is 0. The fourth-order valence-electron chi connectivity index (χ4n) is 10.1. The third-order valence-corrected chi connectivity index (χ3v) is 14.5. The van der Waals surface area contributed by atoms with Crippen LogP contribution in [-0.2, 0) is 19.2 Å². The molecule has 0 unspecified atom stereocenters. The lowest BCUT2D eigenvalue weighted by molar-refractivity contribution is -0.140. The summed E-state index contributed by atoms with van der Waals surface area (Å²) in [6, 6.07) is 0. The van der Waals surface area contributed by atoms with Crippen LogP contribution in [-0.4, -0.2) is 85.8 Å². The number of rotatable bonds is 50. The van der Waals surface area contributed by atoms with Crippen molar-refractivity contribution in [3.05, 3.63) is 0 Å². The van der Waals surface area contributed by atoms with Crippen molar-refractivity contribution >= 4 is 23.6 Å². The Morgan fingerprint density at radius 3 is 0.785 bits per heavy atom. The minimum absolute atomic E-state index is 0.0120. The Labute approximate surface area is 402 Å². The number of imide groups is 2. The maximum atomic E-state index is 12.9. The topological polar surface area (TPSA) is 111 Å². The zero-order valence-electron chi connectivity index (χ0n) is 43.1. The van der Waals surface area contributed by atoms with Crippen LogP contribution >= 0.6 is 0 Å². The van der Waals surface area contributed by atoms with Crippen LogP contribution in [0.3, 0.4) is 0 Å². The van der Waals surface area contributed by atoms with Gasteiger partial charge in [0.15, 0.2) is 0 Å². The van der Waals surface area contributed by atoms with Crippen LogP contribution < -0.4 is 16.0 Å². The van der Waals surface area contributed by atoms with Gasteiger partial charge < -0.3 is 16.0 Å². The smallest absolute Gasteiger partial charge is 0.232 e. The normalized spacial score (nSPS) is 16.6. The lowest BCUT2D eigenvalue weighted by Crippen LogP contribution is -2.40. The predicted molar refractivity (Wildman–Crippen MR) is 275 cm³/mol. The van der Waals surface area contributed by atoms with E-state index in [9.17, 15) is 19.2 Å². The first-order chi connectivity index (χ1) is 32.0. The maximum absolute atomic E-state index is 12.9. The van der Waals surface area contributed by atoms with E-state index in [0.29, 0.717) is 39.0 Å². The summed E-state index contributed by atoms with van der Waals surface area (Å²) in [5.41, 5.74) is 0. The van der Waals surface area contributed by atoms with Crippen molar-refractivity contribution in [1.82, 2.24) is 25.8 Å². The highest BCUT2D eigenvalue weighted by Gasteiger charge is 2.38. The highest BCUT2D eigenvalue weighted by molar-refractivity contribution is 6.04. The molecule has 0 aliphatic carbocycles. The van der Waals surface area contributed by atoms with Gasteiger partial charge in [0.2, 0.25) is 23.6 Å². The molecule has 3 N–H and O–H groups in total. The summed E-state index contributed by atoms with van der Waals surface area (Å²) in [5.74, 6) is -0.208. The van der Waals surface area contributed by atoms with Crippen molar-refractivity contribution in [2.45, 2.75) is 271 Å². The monoisotopic (exact) mass is 914 g/mol. The first kappa shape index (κ1) is 59.3. The van der Waals surface area contributed by atoms with Gasteiger partial charge in [-0.3, -0.25) is 29.0 Å². The molecule has 0 bridgehead atoms. The number of carbonyl (C=O) groups is 4. The summed E-state index contributed by atoms with van der Waals surface area (Å²) in [6.07, 6.45) is 51.2. The highest BCUT2D eigenvalue weighted by Crippen LogP contribution is 2.26. The largest absolute Gasteiger partial charge is 0.314 e. The molecule has 65 heavy (non-hydrogen) atoms. The summed E-state index contributed by atoms with van der Waals surface area (Å²) >= 11 is 0. The molecule has 0 saturated carbocycles. The average Bonchev–Trinajstić information content (AvgIpc) is 3.73. The van der Waals surface area contributed by atoms with Crippen molar-refractivity contribution < 1.29 is 19.2 Å². The summed E-state index contributed by atoms with van der Waals surface area (Å²) in [7, 11) is 0. The number of unbranched alkanes of at least 4 members (excludes halogenated alkanes) is 34. The van der Waals surface area contributed by atoms with E-state index in [2.05, 4.69) is 29.8 Å². The molecule has 0 aromatic rings. The molecule has 2 atom stereocenters. The van der Waals surface area contributed by atoms with Crippen molar-refractivity contribution in [2.75, 3.05) is 52.4 Å². The number of hydrogen-bond acceptors (Lipinski definition) is 7. The van der Waals surface area contributed by atoms with Crippen LogP contribution in [0, 0.1) is 11.8 Å². The van der Waals surface area contributed by atoms with Crippen LogP contribution in [0.4, 0.5) is 0 Å². The van der Waals surface area contributed by atoms with E-state index in [0.717, 1.165) is 51.9 Å². The third kappa shape index (κ3) is 31.8. The third-order valence-electron chi connectivity index (χ3n) is 14.5. The second-order valence-electron chi connectivity index (χ2n) is 20.4. The molecule has 0 radical (unpaired) electrons. The quantitative estimate of drug-likeness (QED) is 0.0412. The first-order valence-corrected chi connectivity index (χ1v) is 28.8. The Balaban J connectivity index is 1.32. The molecule has 9 heteroatoms. The predicted octanol–water partition coefficient (Wildman–Crippen LogP) is 13.4. The molecule has 2 fully saturated rings. The number of amides is 4. The van der Waals surface area contributed by atoms with Crippen molar-refractivity contribution in [3.63, 3.8) is 0 Å². The molecule has 2 aliphatic rings. The fourth-order valence-corrected chi connectivity index (χ4v) is 10.1. The van der Waals surface area contributed by atoms with Crippen LogP contribution in [0.2, 0.25) is 0 Å². The fraction of sp³-hybridized carbons (Fsp3) is 0.929. The van der Waals surface area contributed by atoms with Crippen molar-refractivity contribution in [2.24, 2.45) is 11.8 Å². The van der Waals surface area contributed by atoms with Gasteiger partial charge in [-0.25, -0.2) is 0 Å². The van der Waals surface area contributed by atoms with Crippen molar-refractivity contribution in [1.29, 1.82) is 0 Å². The Kier molecular flexibility index (Phi) is 39.6. The molecule has 0 aromatic heterocycles. The van der Waals surface area contributed by atoms with Gasteiger partial charge >= 0.3 is 0 Å². The number of nitrogens with zero attached hydrogens (tertiary/aromatic N) is 2. The summed E-state index contributed by atoms with van der Waals surface area (Å²) in [5, 5.41) is 10.1. The molecular formula is C56H107N5O4. The van der Waals surface area contributed by atoms with E-state index in [-0.39, 0.29) is 35.5 Å². The molecule has 2 aliphatic heterocycles. The van der Waals surface area contributed by atoms with Gasteiger partial charge in [-0.05, 0) is 12.8 Å². The van der Waals surface area contributed by atoms with Gasteiger partial charge in [0.25, 0.3) is 0 Å². The molecule has 4 amide bonds. The number of likely N-dealkylation sites (tertiary alicyclic amines) is 2. The molecular weight excluding hydrogens is 807 g/mol. The second kappa shape index (κ2) is 43.4. The number of nitrogens with one attached hydrogen (secondary N) is 3. The van der Waals surface area contributed by atoms with E-state index in [1.54, 1.807) is 0 Å². The lowest BCUT2D eigenvalue weighted by atomic mass is 9.98. The molecule has 0 aromatic carbocycles. The van der Waals surface area contributed by atoms with Crippen molar-refractivity contribution in [3.8, 4) is 0 Å². The van der Waals surface area contributed by atoms with Crippen LogP contribution in [0.1, 0.15) is 271 Å². The Morgan fingerprint density at radius 2 is 0.538 bits per heavy atom. The molecule has 9 nitrogen and oxygen atoms in total. The average molecular weight is 915 g/mol. The molecule has 380 valence electrons. The van der Waals surface area contributed by atoms with E-state index < -0.39 is 0 Å². The SMILES string of the molecule is CCCCCCCCCCCCCCCCCCCC[C@@H]1CC(=O)N(CCNCCNCCNCCN2C(=O)C[C@H](CCCCCCCCCCCCCCCCCCCC)C2=O)C1=O. The number of hydrogen-bond donors (Lipinski definition) is 3. The lowest BCUT2D eigenvalue weighted by Gasteiger charge is -2.16. The summed E-state index contributed by atoms with van der Waals surface area (Å²) in [4.78, 5) is 54.0. The Morgan fingerprint density at radius 1 is 0.323 bits per heavy atom. The first-order valence-electron chi connectivity index (χ1n) is 28.8. The van der Waals surface area contributed by atoms with Gasteiger partial charge in [0, 0.05) is 77.0 Å². The molecule has 2 heterocycles. The van der Waals surface area contributed by atoms with E-state index in [1.165, 1.54) is 228 Å². The Bertz CT molecular complexity index is 1070. The minimum atomic E-state index is -0.121. The zero-order chi connectivity index (χ0) is 46.7. The van der Waals surface area contributed by atoms with Gasteiger partial charge in [0.05, 0.1) is 0 Å². The minimum Gasteiger partial charge on any atom is -0.314 e. The maximum Gasteiger partial charge on any atom is 0.232 e.